The van der Waals surface area contributed by atoms with Crippen LogP contribution in [0.1, 0.15) is 45.5 Å². The summed E-state index contributed by atoms with van der Waals surface area (Å²) in [7, 11) is 0. The van der Waals surface area contributed by atoms with Crippen LogP contribution in [0.3, 0.4) is 0 Å². The maximum Gasteiger partial charge on any atom is 0.417 e. The molecule has 6 nitrogen and oxygen atoms in total. The number of hydrogen-bond acceptors (Lipinski definition) is 5. The first-order valence-corrected chi connectivity index (χ1v) is 9.91. The molecule has 0 aliphatic rings. The monoisotopic (exact) mass is 456 g/mol. The number of phenolic OH excluding ortho intramolecular Hbond substituents is 1. The summed E-state index contributed by atoms with van der Waals surface area (Å²) in [4.78, 5) is 19.2. The van der Waals surface area contributed by atoms with Gasteiger partial charge in [0, 0.05) is 23.5 Å². The van der Waals surface area contributed by atoms with E-state index in [1.165, 1.54) is 36.8 Å². The first-order valence-electron chi connectivity index (χ1n) is 9.91. The molecule has 9 heteroatoms. The van der Waals surface area contributed by atoms with Gasteiger partial charge in [-0.2, -0.15) is 13.2 Å². The number of unbranched alkanes of at least 4 members (excludes halogenated alkanes) is 1. The number of ether oxygens (including phenoxy) is 1. The number of carbonyl (C=O) groups is 1. The summed E-state index contributed by atoms with van der Waals surface area (Å²) in [5.41, 5.74) is -0.233. The third-order valence-electron chi connectivity index (χ3n) is 4.62. The average Bonchev–Trinajstić information content (AvgIpc) is 2.78. The SMILES string of the molecule is O=C(O)c1ccc(C#Cc2ccc(O)cc2C(F)(F)F)c(CCCCOc2cnccn2)c1. The van der Waals surface area contributed by atoms with Crippen molar-refractivity contribution in [3.63, 3.8) is 0 Å². The Hall–Kier alpha value is -4.06. The number of aryl methyl sites for hydroxylation is 1. The van der Waals surface area contributed by atoms with Crippen LogP contribution in [0.4, 0.5) is 13.2 Å². The molecule has 0 fully saturated rings. The molecular weight excluding hydrogens is 437 g/mol. The van der Waals surface area contributed by atoms with Gasteiger partial charge >= 0.3 is 12.1 Å². The van der Waals surface area contributed by atoms with Crippen LogP contribution in [0, 0.1) is 11.8 Å². The van der Waals surface area contributed by atoms with E-state index in [2.05, 4.69) is 21.8 Å². The molecule has 0 saturated carbocycles. The maximum absolute atomic E-state index is 13.3. The van der Waals surface area contributed by atoms with Gasteiger partial charge in [-0.05, 0) is 61.2 Å². The summed E-state index contributed by atoms with van der Waals surface area (Å²) in [6, 6.07) is 7.15. The van der Waals surface area contributed by atoms with Crippen LogP contribution in [-0.2, 0) is 12.6 Å². The van der Waals surface area contributed by atoms with Crippen molar-refractivity contribution in [2.45, 2.75) is 25.4 Å². The molecular formula is C24H19F3N2O4. The Morgan fingerprint density at radius 3 is 2.48 bits per heavy atom. The van der Waals surface area contributed by atoms with Crippen LogP contribution in [0.15, 0.2) is 55.0 Å². The quantitative estimate of drug-likeness (QED) is 0.396. The van der Waals surface area contributed by atoms with Crippen molar-refractivity contribution in [3.05, 3.63) is 82.8 Å². The van der Waals surface area contributed by atoms with Gasteiger partial charge in [0.2, 0.25) is 5.88 Å². The number of alkyl halides is 3. The van der Waals surface area contributed by atoms with Crippen molar-refractivity contribution >= 4 is 5.97 Å². The number of rotatable bonds is 7. The smallest absolute Gasteiger partial charge is 0.417 e. The molecule has 0 aliphatic carbocycles. The van der Waals surface area contributed by atoms with E-state index in [-0.39, 0.29) is 11.1 Å². The number of aromatic carboxylic acids is 1. The number of aromatic hydroxyl groups is 1. The highest BCUT2D eigenvalue weighted by molar-refractivity contribution is 5.88. The van der Waals surface area contributed by atoms with Gasteiger partial charge in [-0.15, -0.1) is 0 Å². The summed E-state index contributed by atoms with van der Waals surface area (Å²) >= 11 is 0. The summed E-state index contributed by atoms with van der Waals surface area (Å²) < 4.78 is 45.3. The molecule has 33 heavy (non-hydrogen) atoms. The second-order valence-electron chi connectivity index (χ2n) is 7.00. The summed E-state index contributed by atoms with van der Waals surface area (Å²) in [5.74, 6) is 4.00. The lowest BCUT2D eigenvalue weighted by Gasteiger charge is -2.10. The molecule has 0 atom stereocenters. The fourth-order valence-corrected chi connectivity index (χ4v) is 3.02. The molecule has 0 saturated heterocycles. The van der Waals surface area contributed by atoms with Crippen molar-refractivity contribution in [3.8, 4) is 23.5 Å². The van der Waals surface area contributed by atoms with Crippen molar-refractivity contribution < 1.29 is 32.9 Å². The minimum atomic E-state index is -4.68. The van der Waals surface area contributed by atoms with Crippen LogP contribution < -0.4 is 4.74 Å². The molecule has 2 aromatic carbocycles. The van der Waals surface area contributed by atoms with Gasteiger partial charge in [0.1, 0.15) is 5.75 Å². The third kappa shape index (κ3) is 6.71. The van der Waals surface area contributed by atoms with E-state index in [4.69, 9.17) is 4.74 Å². The lowest BCUT2D eigenvalue weighted by Crippen LogP contribution is -2.07. The van der Waals surface area contributed by atoms with Crippen molar-refractivity contribution in [2.24, 2.45) is 0 Å². The lowest BCUT2D eigenvalue weighted by atomic mass is 9.98. The lowest BCUT2D eigenvalue weighted by molar-refractivity contribution is -0.137. The third-order valence-corrected chi connectivity index (χ3v) is 4.62. The zero-order valence-corrected chi connectivity index (χ0v) is 17.3. The van der Waals surface area contributed by atoms with Crippen LogP contribution in [0.5, 0.6) is 11.6 Å². The molecule has 0 spiro atoms. The second-order valence-corrected chi connectivity index (χ2v) is 7.00. The summed E-state index contributed by atoms with van der Waals surface area (Å²) in [6.07, 6.45) is 1.57. The molecule has 0 radical (unpaired) electrons. The van der Waals surface area contributed by atoms with Crippen molar-refractivity contribution in [1.29, 1.82) is 0 Å². The summed E-state index contributed by atoms with van der Waals surface area (Å²) in [6.45, 7) is 0.376. The Kier molecular flexibility index (Phi) is 7.51. The largest absolute Gasteiger partial charge is 0.508 e. The number of carboxylic acids is 1. The van der Waals surface area contributed by atoms with Crippen molar-refractivity contribution in [2.75, 3.05) is 6.61 Å². The Balaban J connectivity index is 1.77. The van der Waals surface area contributed by atoms with Crippen LogP contribution in [-0.4, -0.2) is 32.8 Å². The standard InChI is InChI=1S/C24H19F3N2O4/c25-24(26,27)21-14-20(30)9-8-17(21)6-4-16-5-7-19(23(31)32)13-18(16)3-1-2-12-33-22-15-28-10-11-29-22/h5,7-11,13-15,30H,1-3,12H2,(H,31,32). The zero-order valence-electron chi connectivity index (χ0n) is 17.3. The van der Waals surface area contributed by atoms with Gasteiger partial charge in [-0.1, -0.05) is 11.8 Å². The Bertz CT molecular complexity index is 1190. The fourth-order valence-electron chi connectivity index (χ4n) is 3.02. The van der Waals surface area contributed by atoms with E-state index < -0.39 is 23.5 Å². The number of halogens is 3. The number of carboxylic acid groups (broad SMARTS) is 1. The van der Waals surface area contributed by atoms with E-state index in [9.17, 15) is 28.2 Å². The predicted molar refractivity (Wildman–Crippen MR) is 113 cm³/mol. The molecule has 0 unspecified atom stereocenters. The van der Waals surface area contributed by atoms with Gasteiger partial charge < -0.3 is 14.9 Å². The van der Waals surface area contributed by atoms with Crippen LogP contribution >= 0.6 is 0 Å². The number of nitrogens with zero attached hydrogens (tertiary/aromatic N) is 2. The molecule has 0 aliphatic heterocycles. The Morgan fingerprint density at radius 1 is 1.03 bits per heavy atom. The fraction of sp³-hybridized carbons (Fsp3) is 0.208. The molecule has 0 bridgehead atoms. The zero-order chi connectivity index (χ0) is 23.8. The highest BCUT2D eigenvalue weighted by Gasteiger charge is 2.33. The second kappa shape index (κ2) is 10.5. The molecule has 2 N–H and O–H groups in total. The highest BCUT2D eigenvalue weighted by Crippen LogP contribution is 2.33. The van der Waals surface area contributed by atoms with E-state index in [1.807, 2.05) is 0 Å². The minimum absolute atomic E-state index is 0.0620. The molecule has 3 aromatic rings. The molecule has 1 aromatic heterocycles. The van der Waals surface area contributed by atoms with Crippen LogP contribution in [0.2, 0.25) is 0 Å². The topological polar surface area (TPSA) is 92.5 Å². The number of benzene rings is 2. The van der Waals surface area contributed by atoms with Gasteiger partial charge in [0.25, 0.3) is 0 Å². The van der Waals surface area contributed by atoms with Gasteiger partial charge in [0.05, 0.1) is 23.9 Å². The van der Waals surface area contributed by atoms with E-state index >= 15 is 0 Å². The first-order chi connectivity index (χ1) is 15.7. The van der Waals surface area contributed by atoms with Gasteiger partial charge in [-0.3, -0.25) is 4.98 Å². The van der Waals surface area contributed by atoms with Crippen LogP contribution in [0.25, 0.3) is 0 Å². The minimum Gasteiger partial charge on any atom is -0.508 e. The molecule has 170 valence electrons. The molecule has 3 rings (SSSR count). The Morgan fingerprint density at radius 2 is 1.79 bits per heavy atom. The maximum atomic E-state index is 13.3. The summed E-state index contributed by atoms with van der Waals surface area (Å²) in [5, 5.41) is 18.7. The number of aromatic nitrogens is 2. The molecule has 1 heterocycles. The number of hydrogen-bond donors (Lipinski definition) is 2. The van der Waals surface area contributed by atoms with E-state index in [0.717, 1.165) is 12.1 Å². The predicted octanol–water partition coefficient (Wildman–Crippen LogP) is 4.70. The highest BCUT2D eigenvalue weighted by atomic mass is 19.4. The van der Waals surface area contributed by atoms with Crippen molar-refractivity contribution in [1.82, 2.24) is 9.97 Å². The average molecular weight is 456 g/mol. The van der Waals surface area contributed by atoms with E-state index in [1.54, 1.807) is 0 Å². The Labute approximate surface area is 187 Å². The van der Waals surface area contributed by atoms with Gasteiger partial charge in [-0.25, -0.2) is 9.78 Å². The first kappa shape index (κ1) is 23.6. The number of phenols is 1. The normalized spacial score (nSPS) is 10.9. The van der Waals surface area contributed by atoms with Gasteiger partial charge in [0.15, 0.2) is 0 Å². The molecule has 0 amide bonds. The van der Waals surface area contributed by atoms with E-state index in [0.29, 0.717) is 48.9 Å².